The first-order chi connectivity index (χ1) is 10.4. The summed E-state index contributed by atoms with van der Waals surface area (Å²) in [7, 11) is 0. The molecule has 1 aromatic heterocycles. The van der Waals surface area contributed by atoms with Gasteiger partial charge in [0, 0.05) is 25.6 Å². The van der Waals surface area contributed by atoms with Crippen LogP contribution in [0.2, 0.25) is 0 Å². The van der Waals surface area contributed by atoms with Crippen molar-refractivity contribution in [3.8, 4) is 0 Å². The van der Waals surface area contributed by atoms with Crippen molar-refractivity contribution in [3.05, 3.63) is 23.2 Å². The number of carbonyl (C=O) groups excluding carboxylic acids is 1. The lowest BCUT2D eigenvalue weighted by atomic mass is 10.0. The Morgan fingerprint density at radius 3 is 2.50 bits per heavy atom. The standard InChI is InChI=1S/C16H25NO5/c1-5-12-11(16(19)20)9-14(22-12)15(18)17-8-7-13(10(3)4)21-6-2/h9-10,13H,5-8H2,1-4H3,(H,17,18)(H,19,20). The molecular weight excluding hydrogens is 286 g/mol. The van der Waals surface area contributed by atoms with Crippen molar-refractivity contribution in [3.63, 3.8) is 0 Å². The molecule has 0 aliphatic heterocycles. The molecule has 1 aromatic rings. The molecule has 0 fully saturated rings. The van der Waals surface area contributed by atoms with Crippen LogP contribution in [-0.2, 0) is 11.2 Å². The molecule has 0 aliphatic rings. The highest BCUT2D eigenvalue weighted by atomic mass is 16.5. The predicted octanol–water partition coefficient (Wildman–Crippen LogP) is 2.72. The number of furan rings is 1. The maximum atomic E-state index is 12.0. The lowest BCUT2D eigenvalue weighted by molar-refractivity contribution is 0.0250. The van der Waals surface area contributed by atoms with E-state index < -0.39 is 11.9 Å². The van der Waals surface area contributed by atoms with Crippen LogP contribution in [0.1, 0.15) is 60.8 Å². The fraction of sp³-hybridized carbons (Fsp3) is 0.625. The van der Waals surface area contributed by atoms with Crippen LogP contribution in [0.4, 0.5) is 0 Å². The van der Waals surface area contributed by atoms with Crippen molar-refractivity contribution in [2.24, 2.45) is 5.92 Å². The average molecular weight is 311 g/mol. The van der Waals surface area contributed by atoms with Gasteiger partial charge in [-0.2, -0.15) is 0 Å². The molecule has 1 heterocycles. The third-order valence-corrected chi connectivity index (χ3v) is 3.42. The summed E-state index contributed by atoms with van der Waals surface area (Å²) in [5, 5.41) is 11.8. The van der Waals surface area contributed by atoms with E-state index in [1.165, 1.54) is 6.07 Å². The molecular formula is C16H25NO5. The number of carbonyl (C=O) groups is 2. The Bertz CT molecular complexity index is 507. The van der Waals surface area contributed by atoms with E-state index in [1.807, 2.05) is 6.92 Å². The summed E-state index contributed by atoms with van der Waals surface area (Å²) in [4.78, 5) is 23.1. The second-order valence-electron chi connectivity index (χ2n) is 5.39. The highest BCUT2D eigenvalue weighted by molar-refractivity contribution is 5.96. The molecule has 6 nitrogen and oxygen atoms in total. The summed E-state index contributed by atoms with van der Waals surface area (Å²) in [5.74, 6) is -0.776. The van der Waals surface area contributed by atoms with Gasteiger partial charge >= 0.3 is 5.97 Å². The van der Waals surface area contributed by atoms with E-state index in [9.17, 15) is 9.59 Å². The van der Waals surface area contributed by atoms with Crippen molar-refractivity contribution in [2.75, 3.05) is 13.2 Å². The van der Waals surface area contributed by atoms with Gasteiger partial charge in [-0.05, 0) is 19.3 Å². The highest BCUT2D eigenvalue weighted by Crippen LogP contribution is 2.16. The van der Waals surface area contributed by atoms with Crippen LogP contribution in [0.15, 0.2) is 10.5 Å². The zero-order valence-electron chi connectivity index (χ0n) is 13.6. The van der Waals surface area contributed by atoms with Gasteiger partial charge in [-0.1, -0.05) is 20.8 Å². The summed E-state index contributed by atoms with van der Waals surface area (Å²) in [6, 6.07) is 1.28. The first kappa shape index (κ1) is 18.2. The van der Waals surface area contributed by atoms with Gasteiger partial charge in [0.05, 0.1) is 6.10 Å². The lowest BCUT2D eigenvalue weighted by Crippen LogP contribution is -2.30. The molecule has 0 aromatic carbocycles. The predicted molar refractivity (Wildman–Crippen MR) is 82.2 cm³/mol. The van der Waals surface area contributed by atoms with E-state index in [4.69, 9.17) is 14.3 Å². The van der Waals surface area contributed by atoms with E-state index in [0.717, 1.165) is 0 Å². The first-order valence-corrected chi connectivity index (χ1v) is 7.66. The van der Waals surface area contributed by atoms with Crippen molar-refractivity contribution in [1.82, 2.24) is 5.32 Å². The van der Waals surface area contributed by atoms with Gasteiger partial charge in [0.25, 0.3) is 5.91 Å². The van der Waals surface area contributed by atoms with Crippen molar-refractivity contribution in [1.29, 1.82) is 0 Å². The van der Waals surface area contributed by atoms with Crippen molar-refractivity contribution < 1.29 is 23.8 Å². The van der Waals surface area contributed by atoms with Crippen LogP contribution < -0.4 is 5.32 Å². The summed E-state index contributed by atoms with van der Waals surface area (Å²) in [6.07, 6.45) is 1.21. The molecule has 1 unspecified atom stereocenters. The molecule has 0 saturated heterocycles. The molecule has 0 bridgehead atoms. The minimum absolute atomic E-state index is 0.0340. The average Bonchev–Trinajstić information content (AvgIpc) is 2.90. The Balaban J connectivity index is 2.60. The molecule has 0 radical (unpaired) electrons. The van der Waals surface area contributed by atoms with Crippen LogP contribution in [0.25, 0.3) is 0 Å². The zero-order valence-corrected chi connectivity index (χ0v) is 13.6. The van der Waals surface area contributed by atoms with E-state index in [0.29, 0.717) is 37.7 Å². The maximum absolute atomic E-state index is 12.0. The van der Waals surface area contributed by atoms with E-state index in [-0.39, 0.29) is 17.4 Å². The number of carboxylic acid groups (broad SMARTS) is 1. The van der Waals surface area contributed by atoms with Crippen LogP contribution >= 0.6 is 0 Å². The number of rotatable bonds is 9. The Morgan fingerprint density at radius 1 is 1.36 bits per heavy atom. The second kappa shape index (κ2) is 8.58. The van der Waals surface area contributed by atoms with Gasteiger partial charge < -0.3 is 19.6 Å². The third-order valence-electron chi connectivity index (χ3n) is 3.42. The van der Waals surface area contributed by atoms with Crippen LogP contribution in [-0.4, -0.2) is 36.2 Å². The minimum atomic E-state index is -1.09. The Labute approximate surface area is 130 Å². The molecule has 0 spiro atoms. The number of aromatic carboxylic acids is 1. The number of carboxylic acids is 1. The van der Waals surface area contributed by atoms with Gasteiger partial charge in [-0.25, -0.2) is 4.79 Å². The Hall–Kier alpha value is -1.82. The van der Waals surface area contributed by atoms with Gasteiger partial charge in [0.1, 0.15) is 11.3 Å². The number of hydrogen-bond donors (Lipinski definition) is 2. The monoisotopic (exact) mass is 311 g/mol. The van der Waals surface area contributed by atoms with Crippen molar-refractivity contribution >= 4 is 11.9 Å². The Kier molecular flexibility index (Phi) is 7.11. The molecule has 1 amide bonds. The molecule has 1 atom stereocenters. The largest absolute Gasteiger partial charge is 0.478 e. The van der Waals surface area contributed by atoms with Gasteiger partial charge in [-0.15, -0.1) is 0 Å². The topological polar surface area (TPSA) is 88.8 Å². The SMILES string of the molecule is CCOC(CCNC(=O)c1cc(C(=O)O)c(CC)o1)C(C)C. The van der Waals surface area contributed by atoms with E-state index in [1.54, 1.807) is 6.92 Å². The highest BCUT2D eigenvalue weighted by Gasteiger charge is 2.20. The number of ether oxygens (including phenoxy) is 1. The summed E-state index contributed by atoms with van der Waals surface area (Å²) in [6.45, 7) is 8.95. The van der Waals surface area contributed by atoms with Crippen molar-refractivity contribution in [2.45, 2.75) is 46.6 Å². The fourth-order valence-electron chi connectivity index (χ4n) is 2.22. The normalized spacial score (nSPS) is 12.4. The molecule has 22 heavy (non-hydrogen) atoms. The molecule has 2 N–H and O–H groups in total. The number of amides is 1. The van der Waals surface area contributed by atoms with Crippen LogP contribution in [0.3, 0.4) is 0 Å². The summed E-state index contributed by atoms with van der Waals surface area (Å²) >= 11 is 0. The number of nitrogens with one attached hydrogen (secondary N) is 1. The molecule has 0 aliphatic carbocycles. The molecule has 1 rings (SSSR count). The van der Waals surface area contributed by atoms with E-state index >= 15 is 0 Å². The quantitative estimate of drug-likeness (QED) is 0.732. The van der Waals surface area contributed by atoms with Gasteiger partial charge in [0.15, 0.2) is 5.76 Å². The Morgan fingerprint density at radius 2 is 2.05 bits per heavy atom. The fourth-order valence-corrected chi connectivity index (χ4v) is 2.22. The molecule has 124 valence electrons. The summed E-state index contributed by atoms with van der Waals surface area (Å²) in [5.41, 5.74) is 0.0435. The van der Waals surface area contributed by atoms with Gasteiger partial charge in [-0.3, -0.25) is 4.79 Å². The second-order valence-corrected chi connectivity index (χ2v) is 5.39. The van der Waals surface area contributed by atoms with E-state index in [2.05, 4.69) is 19.2 Å². The van der Waals surface area contributed by atoms with Gasteiger partial charge in [0.2, 0.25) is 0 Å². The third kappa shape index (κ3) is 4.87. The number of aryl methyl sites for hydroxylation is 1. The summed E-state index contributed by atoms with van der Waals surface area (Å²) < 4.78 is 10.9. The first-order valence-electron chi connectivity index (χ1n) is 7.66. The smallest absolute Gasteiger partial charge is 0.339 e. The van der Waals surface area contributed by atoms with Crippen LogP contribution in [0.5, 0.6) is 0 Å². The molecule has 0 saturated carbocycles. The zero-order chi connectivity index (χ0) is 16.7. The van der Waals surface area contributed by atoms with Crippen LogP contribution in [0, 0.1) is 5.92 Å². The lowest BCUT2D eigenvalue weighted by Gasteiger charge is -2.20. The molecule has 6 heteroatoms. The number of hydrogen-bond acceptors (Lipinski definition) is 4. The maximum Gasteiger partial charge on any atom is 0.339 e. The minimum Gasteiger partial charge on any atom is -0.478 e.